The molecule has 0 fully saturated rings. The Kier molecular flexibility index (Phi) is 4.13. The predicted octanol–water partition coefficient (Wildman–Crippen LogP) is 3.16. The van der Waals surface area contributed by atoms with E-state index in [0.717, 1.165) is 12.2 Å². The minimum atomic E-state index is -0.746. The maximum Gasteiger partial charge on any atom is 0.335 e. The minimum absolute atomic E-state index is 0.191. The lowest BCUT2D eigenvalue weighted by Gasteiger charge is -2.07. The van der Waals surface area contributed by atoms with Crippen molar-refractivity contribution in [3.05, 3.63) is 61.5 Å². The molecule has 0 aromatic heterocycles. The summed E-state index contributed by atoms with van der Waals surface area (Å²) >= 11 is 0. The standard InChI is InChI=1S/C16H11FO4/c1-3-14(18)20-11-6-7-12-10(9-11)5-8-13(16(12)17)21-15(19)4-2/h3-9H,1-2H2. The van der Waals surface area contributed by atoms with Gasteiger partial charge in [0.2, 0.25) is 0 Å². The molecule has 0 spiro atoms. The molecule has 0 aliphatic rings. The Bertz CT molecular complexity index is 749. The molecule has 106 valence electrons. The van der Waals surface area contributed by atoms with Crippen LogP contribution in [0.15, 0.2) is 55.6 Å². The Morgan fingerprint density at radius 1 is 1.00 bits per heavy atom. The van der Waals surface area contributed by atoms with Gasteiger partial charge in [0.1, 0.15) is 5.75 Å². The molecule has 0 bridgehead atoms. The van der Waals surface area contributed by atoms with Crippen LogP contribution < -0.4 is 9.47 Å². The molecule has 0 amide bonds. The van der Waals surface area contributed by atoms with Crippen molar-refractivity contribution in [1.29, 1.82) is 0 Å². The predicted molar refractivity (Wildman–Crippen MR) is 75.6 cm³/mol. The molecule has 2 rings (SSSR count). The van der Waals surface area contributed by atoms with Gasteiger partial charge in [0, 0.05) is 17.5 Å². The highest BCUT2D eigenvalue weighted by atomic mass is 19.1. The number of fused-ring (bicyclic) bond motifs is 1. The highest BCUT2D eigenvalue weighted by molar-refractivity contribution is 5.89. The number of esters is 2. The molecule has 0 aliphatic heterocycles. The first kappa shape index (κ1) is 14.5. The molecule has 0 unspecified atom stereocenters. The van der Waals surface area contributed by atoms with Gasteiger partial charge < -0.3 is 9.47 Å². The fourth-order valence-corrected chi connectivity index (χ4v) is 1.70. The van der Waals surface area contributed by atoms with Crippen LogP contribution in [0.5, 0.6) is 11.5 Å². The number of carbonyl (C=O) groups is 2. The normalized spacial score (nSPS) is 9.95. The van der Waals surface area contributed by atoms with Crippen molar-refractivity contribution >= 4 is 22.7 Å². The van der Waals surface area contributed by atoms with E-state index in [1.54, 1.807) is 6.07 Å². The molecule has 0 heterocycles. The Labute approximate surface area is 120 Å². The lowest BCUT2D eigenvalue weighted by Crippen LogP contribution is -2.05. The summed E-state index contributed by atoms with van der Waals surface area (Å²) in [5.74, 6) is -1.95. The van der Waals surface area contributed by atoms with Gasteiger partial charge in [-0.15, -0.1) is 0 Å². The van der Waals surface area contributed by atoms with Crippen molar-refractivity contribution in [2.24, 2.45) is 0 Å². The molecule has 2 aromatic rings. The second kappa shape index (κ2) is 6.00. The monoisotopic (exact) mass is 286 g/mol. The summed E-state index contributed by atoms with van der Waals surface area (Å²) in [7, 11) is 0. The highest BCUT2D eigenvalue weighted by Crippen LogP contribution is 2.29. The van der Waals surface area contributed by atoms with Crippen LogP contribution in [0.1, 0.15) is 0 Å². The van der Waals surface area contributed by atoms with Crippen molar-refractivity contribution < 1.29 is 23.5 Å². The van der Waals surface area contributed by atoms with E-state index in [0.29, 0.717) is 5.39 Å². The lowest BCUT2D eigenvalue weighted by molar-refractivity contribution is -0.130. The summed E-state index contributed by atoms with van der Waals surface area (Å²) in [5, 5.41) is 0.739. The van der Waals surface area contributed by atoms with E-state index >= 15 is 0 Å². The Hall–Kier alpha value is -2.95. The Morgan fingerprint density at radius 3 is 2.33 bits per heavy atom. The third-order valence-electron chi connectivity index (χ3n) is 2.65. The summed E-state index contributed by atoms with van der Waals surface area (Å²) < 4.78 is 23.9. The summed E-state index contributed by atoms with van der Waals surface area (Å²) in [6, 6.07) is 7.24. The van der Waals surface area contributed by atoms with Gasteiger partial charge in [-0.05, 0) is 29.7 Å². The van der Waals surface area contributed by atoms with Gasteiger partial charge in [0.15, 0.2) is 11.6 Å². The molecular formula is C16H11FO4. The van der Waals surface area contributed by atoms with E-state index in [4.69, 9.17) is 9.47 Å². The van der Waals surface area contributed by atoms with Gasteiger partial charge in [-0.3, -0.25) is 0 Å². The van der Waals surface area contributed by atoms with Gasteiger partial charge in [-0.2, -0.15) is 0 Å². The molecule has 0 atom stereocenters. The van der Waals surface area contributed by atoms with Crippen molar-refractivity contribution in [2.45, 2.75) is 0 Å². The average Bonchev–Trinajstić information content (AvgIpc) is 2.49. The zero-order chi connectivity index (χ0) is 15.4. The van der Waals surface area contributed by atoms with Crippen LogP contribution in [0.25, 0.3) is 10.8 Å². The van der Waals surface area contributed by atoms with E-state index in [1.165, 1.54) is 24.3 Å². The first-order valence-corrected chi connectivity index (χ1v) is 5.96. The molecule has 5 heteroatoms. The topological polar surface area (TPSA) is 52.6 Å². The summed E-state index contributed by atoms with van der Waals surface area (Å²) in [6.45, 7) is 6.53. The third-order valence-corrected chi connectivity index (χ3v) is 2.65. The second-order valence-corrected chi connectivity index (χ2v) is 4.01. The van der Waals surface area contributed by atoms with E-state index < -0.39 is 17.8 Å². The minimum Gasteiger partial charge on any atom is -0.423 e. The second-order valence-electron chi connectivity index (χ2n) is 4.01. The smallest absolute Gasteiger partial charge is 0.335 e. The van der Waals surface area contributed by atoms with Crippen LogP contribution >= 0.6 is 0 Å². The van der Waals surface area contributed by atoms with Crippen molar-refractivity contribution in [2.75, 3.05) is 0 Å². The fourth-order valence-electron chi connectivity index (χ4n) is 1.70. The number of rotatable bonds is 4. The summed E-state index contributed by atoms with van der Waals surface area (Å²) in [5.41, 5.74) is 0. The number of hydrogen-bond donors (Lipinski definition) is 0. The van der Waals surface area contributed by atoms with E-state index in [1.807, 2.05) is 0 Å². The van der Waals surface area contributed by atoms with E-state index in [9.17, 15) is 14.0 Å². The molecule has 0 aliphatic carbocycles. The number of halogens is 1. The highest BCUT2D eigenvalue weighted by Gasteiger charge is 2.12. The van der Waals surface area contributed by atoms with Crippen molar-refractivity contribution in [3.8, 4) is 11.5 Å². The quantitative estimate of drug-likeness (QED) is 0.492. The maximum absolute atomic E-state index is 14.2. The average molecular weight is 286 g/mol. The molecule has 2 aromatic carbocycles. The molecule has 0 saturated heterocycles. The van der Waals surface area contributed by atoms with E-state index in [-0.39, 0.29) is 16.9 Å². The Morgan fingerprint density at radius 2 is 1.67 bits per heavy atom. The van der Waals surface area contributed by atoms with Crippen LogP contribution in [0.4, 0.5) is 4.39 Å². The van der Waals surface area contributed by atoms with Crippen molar-refractivity contribution in [1.82, 2.24) is 0 Å². The molecule has 21 heavy (non-hydrogen) atoms. The van der Waals surface area contributed by atoms with Crippen molar-refractivity contribution in [3.63, 3.8) is 0 Å². The van der Waals surface area contributed by atoms with Crippen LogP contribution in [-0.4, -0.2) is 11.9 Å². The lowest BCUT2D eigenvalue weighted by atomic mass is 10.1. The van der Waals surface area contributed by atoms with Gasteiger partial charge in [0.05, 0.1) is 0 Å². The third kappa shape index (κ3) is 3.14. The number of carbonyl (C=O) groups excluding carboxylic acids is 2. The Balaban J connectivity index is 2.40. The SMILES string of the molecule is C=CC(=O)Oc1ccc2c(F)c(OC(=O)C=C)ccc2c1. The summed E-state index contributed by atoms with van der Waals surface area (Å²) in [4.78, 5) is 22.2. The molecule has 0 radical (unpaired) electrons. The zero-order valence-corrected chi connectivity index (χ0v) is 11.0. The van der Waals surface area contributed by atoms with Crippen LogP contribution in [0.3, 0.4) is 0 Å². The summed E-state index contributed by atoms with van der Waals surface area (Å²) in [6.07, 6.45) is 1.98. The van der Waals surface area contributed by atoms with Crippen LogP contribution in [-0.2, 0) is 9.59 Å². The maximum atomic E-state index is 14.2. The fraction of sp³-hybridized carbons (Fsp3) is 0. The van der Waals surface area contributed by atoms with Gasteiger partial charge >= 0.3 is 11.9 Å². The van der Waals surface area contributed by atoms with Crippen LogP contribution in [0.2, 0.25) is 0 Å². The van der Waals surface area contributed by atoms with E-state index in [2.05, 4.69) is 13.2 Å². The first-order valence-electron chi connectivity index (χ1n) is 5.96. The number of hydrogen-bond acceptors (Lipinski definition) is 4. The molecule has 0 saturated carbocycles. The molecular weight excluding hydrogens is 275 g/mol. The van der Waals surface area contributed by atoms with Gasteiger partial charge in [0.25, 0.3) is 0 Å². The van der Waals surface area contributed by atoms with Gasteiger partial charge in [-0.1, -0.05) is 19.2 Å². The largest absolute Gasteiger partial charge is 0.423 e. The first-order chi connectivity index (χ1) is 10.0. The number of benzene rings is 2. The molecule has 0 N–H and O–H groups in total. The van der Waals surface area contributed by atoms with Gasteiger partial charge in [-0.25, -0.2) is 14.0 Å². The zero-order valence-electron chi connectivity index (χ0n) is 11.0. The number of ether oxygens (including phenoxy) is 2. The van der Waals surface area contributed by atoms with Crippen LogP contribution in [0, 0.1) is 5.82 Å². The molecule has 4 nitrogen and oxygen atoms in total.